The highest BCUT2D eigenvalue weighted by atomic mass is 79.9. The summed E-state index contributed by atoms with van der Waals surface area (Å²) in [6, 6.07) is 8.30. The number of rotatable bonds is 2. The maximum absolute atomic E-state index is 14.0. The third-order valence-electron chi connectivity index (χ3n) is 3.05. The van der Waals surface area contributed by atoms with Crippen molar-refractivity contribution in [1.82, 2.24) is 0 Å². The van der Waals surface area contributed by atoms with Gasteiger partial charge in [0.2, 0.25) is 0 Å². The van der Waals surface area contributed by atoms with Crippen LogP contribution < -0.4 is 0 Å². The van der Waals surface area contributed by atoms with Gasteiger partial charge in [0.25, 0.3) is 0 Å². The van der Waals surface area contributed by atoms with Gasteiger partial charge in [-0.1, -0.05) is 23.7 Å². The van der Waals surface area contributed by atoms with E-state index in [9.17, 15) is 9.18 Å². The summed E-state index contributed by atoms with van der Waals surface area (Å²) < 4.78 is 14.4. The van der Waals surface area contributed by atoms with Crippen LogP contribution in [0.5, 0.6) is 0 Å². The van der Waals surface area contributed by atoms with Crippen LogP contribution in [0.25, 0.3) is 0 Å². The minimum atomic E-state index is -0.695. The number of ketones is 1. The standard InChI is InChI=1S/C15H11BrClFO/c1-8-3-4-10(7-9(8)2)15(19)11-5-6-12(16)13(17)14(11)18/h3-7H,1-2H3. The van der Waals surface area contributed by atoms with Crippen molar-refractivity contribution in [3.8, 4) is 0 Å². The van der Waals surface area contributed by atoms with Gasteiger partial charge in [-0.05, 0) is 59.1 Å². The molecule has 2 rings (SSSR count). The molecule has 0 heterocycles. The average Bonchev–Trinajstić information content (AvgIpc) is 2.39. The molecule has 0 aliphatic heterocycles. The number of hydrogen-bond acceptors (Lipinski definition) is 1. The number of carbonyl (C=O) groups is 1. The number of benzene rings is 2. The van der Waals surface area contributed by atoms with Crippen LogP contribution in [0.3, 0.4) is 0 Å². The zero-order valence-electron chi connectivity index (χ0n) is 10.4. The van der Waals surface area contributed by atoms with Crippen molar-refractivity contribution < 1.29 is 9.18 Å². The van der Waals surface area contributed by atoms with Gasteiger partial charge in [-0.3, -0.25) is 4.79 Å². The Hall–Kier alpha value is -1.19. The fourth-order valence-corrected chi connectivity index (χ4v) is 2.21. The molecular formula is C15H11BrClFO. The lowest BCUT2D eigenvalue weighted by Gasteiger charge is -2.07. The first kappa shape index (κ1) is 14.2. The maximum atomic E-state index is 14.0. The minimum Gasteiger partial charge on any atom is -0.288 e. The van der Waals surface area contributed by atoms with E-state index in [0.717, 1.165) is 11.1 Å². The molecule has 0 fully saturated rings. The number of carbonyl (C=O) groups excluding carboxylic acids is 1. The number of hydrogen-bond donors (Lipinski definition) is 0. The molecule has 0 aromatic heterocycles. The summed E-state index contributed by atoms with van der Waals surface area (Å²) in [5, 5.41) is -0.0744. The van der Waals surface area contributed by atoms with Crippen LogP contribution in [0, 0.1) is 19.7 Å². The quantitative estimate of drug-likeness (QED) is 0.549. The molecule has 0 aliphatic carbocycles. The molecule has 0 amide bonds. The highest BCUT2D eigenvalue weighted by Gasteiger charge is 2.18. The van der Waals surface area contributed by atoms with Crippen LogP contribution in [0.4, 0.5) is 4.39 Å². The Bertz CT molecular complexity index is 667. The summed E-state index contributed by atoms with van der Waals surface area (Å²) in [5.41, 5.74) is 2.53. The summed E-state index contributed by atoms with van der Waals surface area (Å²) >= 11 is 8.92. The van der Waals surface area contributed by atoms with Crippen molar-refractivity contribution in [3.63, 3.8) is 0 Å². The first-order valence-electron chi connectivity index (χ1n) is 5.67. The third-order valence-corrected chi connectivity index (χ3v) is 4.31. The highest BCUT2D eigenvalue weighted by molar-refractivity contribution is 9.10. The largest absolute Gasteiger partial charge is 0.288 e. The van der Waals surface area contributed by atoms with Gasteiger partial charge in [0.05, 0.1) is 10.6 Å². The van der Waals surface area contributed by atoms with Crippen molar-refractivity contribution in [2.24, 2.45) is 0 Å². The van der Waals surface area contributed by atoms with E-state index in [0.29, 0.717) is 10.0 Å². The lowest BCUT2D eigenvalue weighted by Crippen LogP contribution is -2.05. The molecule has 19 heavy (non-hydrogen) atoms. The predicted molar refractivity (Wildman–Crippen MR) is 78.5 cm³/mol. The predicted octanol–water partition coefficient (Wildman–Crippen LogP) is 5.09. The Labute approximate surface area is 124 Å². The molecule has 98 valence electrons. The number of aryl methyl sites for hydroxylation is 2. The van der Waals surface area contributed by atoms with E-state index >= 15 is 0 Å². The molecule has 0 aliphatic rings. The van der Waals surface area contributed by atoms with Gasteiger partial charge >= 0.3 is 0 Å². The van der Waals surface area contributed by atoms with E-state index in [4.69, 9.17) is 11.6 Å². The van der Waals surface area contributed by atoms with E-state index in [1.807, 2.05) is 19.9 Å². The lowest BCUT2D eigenvalue weighted by atomic mass is 9.99. The van der Waals surface area contributed by atoms with Crippen LogP contribution in [0.1, 0.15) is 27.0 Å². The van der Waals surface area contributed by atoms with Gasteiger partial charge in [0, 0.05) is 10.0 Å². The SMILES string of the molecule is Cc1ccc(C(=O)c2ccc(Br)c(Cl)c2F)cc1C. The second-order valence-corrected chi connectivity index (χ2v) is 5.58. The van der Waals surface area contributed by atoms with Crippen LogP contribution in [-0.4, -0.2) is 5.78 Å². The first-order chi connectivity index (χ1) is 8.91. The van der Waals surface area contributed by atoms with Crippen molar-refractivity contribution >= 4 is 33.3 Å². The topological polar surface area (TPSA) is 17.1 Å². The second-order valence-electron chi connectivity index (χ2n) is 4.35. The zero-order chi connectivity index (χ0) is 14.2. The number of halogens is 3. The lowest BCUT2D eigenvalue weighted by molar-refractivity contribution is 0.103. The molecule has 2 aromatic carbocycles. The summed E-state index contributed by atoms with van der Waals surface area (Å²) in [7, 11) is 0. The summed E-state index contributed by atoms with van der Waals surface area (Å²) in [4.78, 5) is 12.3. The van der Waals surface area contributed by atoms with Gasteiger partial charge in [-0.25, -0.2) is 4.39 Å². The summed E-state index contributed by atoms with van der Waals surface area (Å²) in [6.07, 6.45) is 0. The van der Waals surface area contributed by atoms with Crippen molar-refractivity contribution in [2.75, 3.05) is 0 Å². The van der Waals surface area contributed by atoms with Gasteiger partial charge < -0.3 is 0 Å². The fourth-order valence-electron chi connectivity index (χ4n) is 1.74. The Morgan fingerprint density at radius 3 is 2.47 bits per heavy atom. The van der Waals surface area contributed by atoms with E-state index < -0.39 is 5.82 Å². The molecule has 0 spiro atoms. The molecule has 2 aromatic rings. The Morgan fingerprint density at radius 2 is 1.84 bits per heavy atom. The van der Waals surface area contributed by atoms with Gasteiger partial charge in [-0.15, -0.1) is 0 Å². The second kappa shape index (κ2) is 5.43. The Morgan fingerprint density at radius 1 is 1.16 bits per heavy atom. The van der Waals surface area contributed by atoms with Crippen molar-refractivity contribution in [3.05, 3.63) is 67.9 Å². The Kier molecular flexibility index (Phi) is 4.07. The van der Waals surface area contributed by atoms with Gasteiger partial charge in [0.1, 0.15) is 0 Å². The average molecular weight is 342 g/mol. The smallest absolute Gasteiger partial charge is 0.196 e. The molecule has 0 saturated carbocycles. The van der Waals surface area contributed by atoms with E-state index in [1.165, 1.54) is 6.07 Å². The zero-order valence-corrected chi connectivity index (χ0v) is 12.8. The van der Waals surface area contributed by atoms with Crippen LogP contribution >= 0.6 is 27.5 Å². The maximum Gasteiger partial charge on any atom is 0.196 e. The minimum absolute atomic E-state index is 0.0172. The monoisotopic (exact) mass is 340 g/mol. The van der Waals surface area contributed by atoms with Crippen molar-refractivity contribution in [2.45, 2.75) is 13.8 Å². The highest BCUT2D eigenvalue weighted by Crippen LogP contribution is 2.29. The molecule has 4 heteroatoms. The molecule has 0 unspecified atom stereocenters. The van der Waals surface area contributed by atoms with E-state index in [2.05, 4.69) is 15.9 Å². The molecule has 0 N–H and O–H groups in total. The fraction of sp³-hybridized carbons (Fsp3) is 0.133. The van der Waals surface area contributed by atoms with E-state index in [-0.39, 0.29) is 16.4 Å². The molecule has 0 saturated heterocycles. The first-order valence-corrected chi connectivity index (χ1v) is 6.84. The summed E-state index contributed by atoms with van der Waals surface area (Å²) in [5.74, 6) is -1.06. The van der Waals surface area contributed by atoms with E-state index in [1.54, 1.807) is 18.2 Å². The molecule has 1 nitrogen and oxygen atoms in total. The van der Waals surface area contributed by atoms with Crippen LogP contribution in [-0.2, 0) is 0 Å². The third kappa shape index (κ3) is 2.72. The molecule has 0 atom stereocenters. The molecule has 0 radical (unpaired) electrons. The Balaban J connectivity index is 2.50. The van der Waals surface area contributed by atoms with Crippen LogP contribution in [0.15, 0.2) is 34.8 Å². The van der Waals surface area contributed by atoms with Crippen LogP contribution in [0.2, 0.25) is 5.02 Å². The van der Waals surface area contributed by atoms with Crippen molar-refractivity contribution in [1.29, 1.82) is 0 Å². The molecule has 0 bridgehead atoms. The van der Waals surface area contributed by atoms with Gasteiger partial charge in [0.15, 0.2) is 11.6 Å². The molecular weight excluding hydrogens is 331 g/mol. The summed E-state index contributed by atoms with van der Waals surface area (Å²) in [6.45, 7) is 3.87. The van der Waals surface area contributed by atoms with Gasteiger partial charge in [-0.2, -0.15) is 0 Å². The normalized spacial score (nSPS) is 10.6.